The van der Waals surface area contributed by atoms with Crippen molar-refractivity contribution in [3.8, 4) is 0 Å². The highest BCUT2D eigenvalue weighted by Gasteiger charge is 2.12. The first kappa shape index (κ1) is 9.45. The smallest absolute Gasteiger partial charge is 0.374 e. The van der Waals surface area contributed by atoms with Gasteiger partial charge in [0.25, 0.3) is 5.78 Å². The van der Waals surface area contributed by atoms with Crippen LogP contribution in [0.4, 0.5) is 0 Å². The molecule has 0 aliphatic carbocycles. The lowest BCUT2D eigenvalue weighted by Gasteiger charge is -2.01. The normalized spacial score (nSPS) is 10.4. The molecular weight excluding hydrogens is 194 g/mol. The third-order valence-electron chi connectivity index (χ3n) is 2.23. The number of ketones is 1. The topological polar surface area (TPSA) is 59.3 Å². The number of rotatable bonds is 3. The summed E-state index contributed by atoms with van der Waals surface area (Å²) in [5.74, 6) is -2.20. The lowest BCUT2D eigenvalue weighted by atomic mass is 10.2. The number of hydrogen-bond donors (Lipinski definition) is 1. The van der Waals surface area contributed by atoms with Gasteiger partial charge in [0.2, 0.25) is 0 Å². The zero-order valence-corrected chi connectivity index (χ0v) is 7.88. The Morgan fingerprint density at radius 1 is 1.20 bits per heavy atom. The van der Waals surface area contributed by atoms with Crippen molar-refractivity contribution in [2.45, 2.75) is 6.54 Å². The molecule has 0 bridgehead atoms. The summed E-state index contributed by atoms with van der Waals surface area (Å²) in [5, 5.41) is 9.49. The first-order valence-electron chi connectivity index (χ1n) is 4.48. The summed E-state index contributed by atoms with van der Waals surface area (Å²) in [5.41, 5.74) is 0.868. The first-order chi connectivity index (χ1) is 7.18. The van der Waals surface area contributed by atoms with Crippen LogP contribution in [-0.4, -0.2) is 21.4 Å². The number of fused-ring (bicyclic) bond motifs is 1. The van der Waals surface area contributed by atoms with Crippen molar-refractivity contribution in [2.24, 2.45) is 0 Å². The van der Waals surface area contributed by atoms with E-state index in [1.807, 2.05) is 30.3 Å². The van der Waals surface area contributed by atoms with E-state index in [4.69, 9.17) is 5.11 Å². The summed E-state index contributed by atoms with van der Waals surface area (Å²) in [7, 11) is 0. The van der Waals surface area contributed by atoms with E-state index in [1.165, 1.54) is 0 Å². The number of para-hydroxylation sites is 1. The molecular formula is C11H9NO3. The molecule has 76 valence electrons. The fourth-order valence-electron chi connectivity index (χ4n) is 1.50. The molecule has 4 nitrogen and oxygen atoms in total. The van der Waals surface area contributed by atoms with Crippen molar-refractivity contribution < 1.29 is 14.7 Å². The number of carboxylic acids is 1. The quantitative estimate of drug-likeness (QED) is 0.765. The van der Waals surface area contributed by atoms with E-state index >= 15 is 0 Å². The molecule has 0 atom stereocenters. The maximum atomic E-state index is 11.0. The third-order valence-corrected chi connectivity index (χ3v) is 2.23. The van der Waals surface area contributed by atoms with Gasteiger partial charge in [-0.2, -0.15) is 0 Å². The highest BCUT2D eigenvalue weighted by molar-refractivity contribution is 6.32. The van der Waals surface area contributed by atoms with Gasteiger partial charge < -0.3 is 9.67 Å². The maximum Gasteiger partial charge on any atom is 0.374 e. The monoisotopic (exact) mass is 203 g/mol. The van der Waals surface area contributed by atoms with Crippen LogP contribution in [0.5, 0.6) is 0 Å². The predicted molar refractivity (Wildman–Crippen MR) is 54.6 cm³/mol. The molecule has 0 spiro atoms. The Kier molecular flexibility index (Phi) is 2.25. The minimum absolute atomic E-state index is 0.122. The highest BCUT2D eigenvalue weighted by Crippen LogP contribution is 2.14. The molecule has 2 rings (SSSR count). The fraction of sp³-hybridized carbons (Fsp3) is 0.0909. The molecule has 1 N–H and O–H groups in total. The number of aliphatic carboxylic acids is 1. The summed E-state index contributed by atoms with van der Waals surface area (Å²) < 4.78 is 1.63. The van der Waals surface area contributed by atoms with Gasteiger partial charge in [0, 0.05) is 11.7 Å². The summed E-state index contributed by atoms with van der Waals surface area (Å²) in [6.07, 6.45) is 1.71. The number of carbonyl (C=O) groups is 2. The third kappa shape index (κ3) is 1.74. The van der Waals surface area contributed by atoms with Crippen LogP contribution < -0.4 is 0 Å². The Labute approximate surface area is 85.7 Å². The van der Waals surface area contributed by atoms with Crippen LogP contribution in [0.3, 0.4) is 0 Å². The Bertz CT molecular complexity index is 527. The van der Waals surface area contributed by atoms with Gasteiger partial charge in [-0.05, 0) is 17.5 Å². The number of carboxylic acid groups (broad SMARTS) is 1. The van der Waals surface area contributed by atoms with Crippen LogP contribution >= 0.6 is 0 Å². The molecule has 1 aromatic carbocycles. The minimum atomic E-state index is -1.40. The number of aromatic nitrogens is 1. The van der Waals surface area contributed by atoms with E-state index in [1.54, 1.807) is 10.8 Å². The van der Waals surface area contributed by atoms with Crippen molar-refractivity contribution in [2.75, 3.05) is 0 Å². The van der Waals surface area contributed by atoms with E-state index in [0.29, 0.717) is 0 Å². The van der Waals surface area contributed by atoms with Gasteiger partial charge in [-0.25, -0.2) is 4.79 Å². The molecule has 15 heavy (non-hydrogen) atoms. The van der Waals surface area contributed by atoms with Crippen molar-refractivity contribution >= 4 is 22.7 Å². The highest BCUT2D eigenvalue weighted by atomic mass is 16.4. The molecule has 0 radical (unpaired) electrons. The van der Waals surface area contributed by atoms with Gasteiger partial charge in [0.1, 0.15) is 0 Å². The summed E-state index contributed by atoms with van der Waals surface area (Å²) in [6, 6.07) is 9.36. The van der Waals surface area contributed by atoms with E-state index in [2.05, 4.69) is 0 Å². The van der Waals surface area contributed by atoms with Crippen LogP contribution in [0.15, 0.2) is 36.5 Å². The summed E-state index contributed by atoms with van der Waals surface area (Å²) >= 11 is 0. The molecule has 0 aliphatic rings. The number of nitrogens with zero attached hydrogens (tertiary/aromatic N) is 1. The maximum absolute atomic E-state index is 11.0. The van der Waals surface area contributed by atoms with Crippen LogP contribution in [0.25, 0.3) is 10.9 Å². The molecule has 0 fully saturated rings. The van der Waals surface area contributed by atoms with Gasteiger partial charge in [-0.15, -0.1) is 0 Å². The average molecular weight is 203 g/mol. The Morgan fingerprint density at radius 3 is 2.67 bits per heavy atom. The van der Waals surface area contributed by atoms with Crippen LogP contribution in [0, 0.1) is 0 Å². The zero-order chi connectivity index (χ0) is 10.8. The molecule has 0 saturated heterocycles. The van der Waals surface area contributed by atoms with Crippen LogP contribution in [-0.2, 0) is 16.1 Å². The second kappa shape index (κ2) is 3.57. The van der Waals surface area contributed by atoms with Crippen LogP contribution in [0.1, 0.15) is 0 Å². The molecule has 0 saturated carbocycles. The Balaban J connectivity index is 2.37. The van der Waals surface area contributed by atoms with Crippen molar-refractivity contribution in [3.05, 3.63) is 36.5 Å². The summed E-state index contributed by atoms with van der Waals surface area (Å²) in [6.45, 7) is -0.122. The molecule has 4 heteroatoms. The standard InChI is InChI=1S/C11H9NO3/c13-10(11(14)15)7-12-6-5-8-3-1-2-4-9(8)12/h1-6H,7H2,(H,14,15). The molecule has 1 aromatic heterocycles. The van der Waals surface area contributed by atoms with Gasteiger partial charge in [0.05, 0.1) is 6.54 Å². The van der Waals surface area contributed by atoms with Crippen molar-refractivity contribution in [1.82, 2.24) is 4.57 Å². The summed E-state index contributed by atoms with van der Waals surface area (Å²) in [4.78, 5) is 21.4. The number of benzene rings is 1. The van der Waals surface area contributed by atoms with E-state index in [0.717, 1.165) is 10.9 Å². The van der Waals surface area contributed by atoms with Crippen LogP contribution in [0.2, 0.25) is 0 Å². The van der Waals surface area contributed by atoms with E-state index < -0.39 is 11.8 Å². The van der Waals surface area contributed by atoms with Gasteiger partial charge in [-0.3, -0.25) is 4.79 Å². The number of carbonyl (C=O) groups excluding carboxylic acids is 1. The lowest BCUT2D eigenvalue weighted by Crippen LogP contribution is -2.18. The number of Topliss-reactive ketones (excluding diaryl/α,β-unsaturated/α-hetero) is 1. The zero-order valence-electron chi connectivity index (χ0n) is 7.88. The van der Waals surface area contributed by atoms with Crippen molar-refractivity contribution in [3.63, 3.8) is 0 Å². The Morgan fingerprint density at radius 2 is 1.93 bits per heavy atom. The first-order valence-corrected chi connectivity index (χ1v) is 4.48. The molecule has 0 aliphatic heterocycles. The second-order valence-electron chi connectivity index (χ2n) is 3.23. The van der Waals surface area contributed by atoms with Gasteiger partial charge >= 0.3 is 5.97 Å². The average Bonchev–Trinajstić information content (AvgIpc) is 2.62. The van der Waals surface area contributed by atoms with Gasteiger partial charge in [-0.1, -0.05) is 18.2 Å². The van der Waals surface area contributed by atoms with E-state index in [9.17, 15) is 9.59 Å². The lowest BCUT2D eigenvalue weighted by molar-refractivity contribution is -0.149. The second-order valence-corrected chi connectivity index (χ2v) is 3.23. The molecule has 1 heterocycles. The Hall–Kier alpha value is -2.10. The largest absolute Gasteiger partial charge is 0.475 e. The molecule has 0 amide bonds. The number of hydrogen-bond acceptors (Lipinski definition) is 2. The SMILES string of the molecule is O=C(O)C(=O)Cn1ccc2ccccc21. The van der Waals surface area contributed by atoms with E-state index in [-0.39, 0.29) is 6.54 Å². The minimum Gasteiger partial charge on any atom is -0.475 e. The molecule has 0 unspecified atom stereocenters. The molecule has 2 aromatic rings. The predicted octanol–water partition coefficient (Wildman–Crippen LogP) is 1.29. The fourth-order valence-corrected chi connectivity index (χ4v) is 1.50. The van der Waals surface area contributed by atoms with Gasteiger partial charge in [0.15, 0.2) is 0 Å². The van der Waals surface area contributed by atoms with Crippen molar-refractivity contribution in [1.29, 1.82) is 0 Å².